The minimum Gasteiger partial charge on any atom is -0.441 e. The predicted molar refractivity (Wildman–Crippen MR) is 127 cm³/mol. The summed E-state index contributed by atoms with van der Waals surface area (Å²) in [5.41, 5.74) is 8.47. The number of anilines is 1. The lowest BCUT2D eigenvalue weighted by atomic mass is 10.0. The van der Waals surface area contributed by atoms with Crippen LogP contribution in [0.2, 0.25) is 5.02 Å². The van der Waals surface area contributed by atoms with Crippen LogP contribution < -0.4 is 11.1 Å². The first-order chi connectivity index (χ1) is 15.4. The number of aromatic nitrogens is 1. The number of primary amides is 1. The Kier molecular flexibility index (Phi) is 6.39. The van der Waals surface area contributed by atoms with Gasteiger partial charge in [-0.1, -0.05) is 41.9 Å². The molecular formula is C24H20ClN3O3S. The van der Waals surface area contributed by atoms with Crippen LogP contribution in [0, 0.1) is 6.92 Å². The van der Waals surface area contributed by atoms with Gasteiger partial charge in [-0.3, -0.25) is 9.59 Å². The molecule has 3 N–H and O–H groups in total. The lowest BCUT2D eigenvalue weighted by Gasteiger charge is -2.06. The molecule has 0 unspecified atom stereocenters. The summed E-state index contributed by atoms with van der Waals surface area (Å²) in [5.74, 6) is 0.227. The van der Waals surface area contributed by atoms with Crippen molar-refractivity contribution in [1.82, 2.24) is 4.98 Å². The van der Waals surface area contributed by atoms with Crippen LogP contribution in [0.5, 0.6) is 0 Å². The van der Waals surface area contributed by atoms with Crippen LogP contribution in [0.25, 0.3) is 22.5 Å². The highest BCUT2D eigenvalue weighted by Crippen LogP contribution is 2.39. The van der Waals surface area contributed by atoms with Crippen LogP contribution in [-0.2, 0) is 11.2 Å². The molecule has 0 aliphatic carbocycles. The van der Waals surface area contributed by atoms with Crippen LogP contribution in [0.15, 0.2) is 65.2 Å². The minimum atomic E-state index is -0.580. The number of benzene rings is 2. The van der Waals surface area contributed by atoms with Gasteiger partial charge in [0.15, 0.2) is 11.7 Å². The summed E-state index contributed by atoms with van der Waals surface area (Å²) in [5, 5.41) is 3.92. The summed E-state index contributed by atoms with van der Waals surface area (Å²) in [6, 6.07) is 16.7. The van der Waals surface area contributed by atoms with Gasteiger partial charge in [0.05, 0.1) is 11.8 Å². The van der Waals surface area contributed by atoms with Gasteiger partial charge in [-0.05, 0) is 36.8 Å². The second-order valence-corrected chi connectivity index (χ2v) is 8.80. The Balaban J connectivity index is 1.46. The van der Waals surface area contributed by atoms with Crippen molar-refractivity contribution in [3.8, 4) is 22.5 Å². The highest BCUT2D eigenvalue weighted by molar-refractivity contribution is 7.17. The van der Waals surface area contributed by atoms with Crippen LogP contribution in [-0.4, -0.2) is 16.8 Å². The SMILES string of the molecule is Cc1sc(NC(=O)CCc2ncc(-c3ccc(Cl)cc3)o2)c(C(N)=O)c1-c1ccccc1. The van der Waals surface area contributed by atoms with E-state index in [9.17, 15) is 9.59 Å². The molecule has 0 bridgehead atoms. The largest absolute Gasteiger partial charge is 0.441 e. The number of halogens is 1. The first-order valence-electron chi connectivity index (χ1n) is 9.91. The van der Waals surface area contributed by atoms with Gasteiger partial charge in [-0.2, -0.15) is 0 Å². The highest BCUT2D eigenvalue weighted by atomic mass is 35.5. The molecule has 6 nitrogen and oxygen atoms in total. The monoisotopic (exact) mass is 465 g/mol. The third kappa shape index (κ3) is 4.74. The Hall–Kier alpha value is -3.42. The fraction of sp³-hybridized carbons (Fsp3) is 0.125. The van der Waals surface area contributed by atoms with Crippen molar-refractivity contribution in [2.75, 3.05) is 5.32 Å². The second-order valence-electron chi connectivity index (χ2n) is 7.14. The molecular weight excluding hydrogens is 446 g/mol. The Labute approximate surface area is 194 Å². The van der Waals surface area contributed by atoms with E-state index in [0.29, 0.717) is 33.7 Å². The molecule has 0 saturated heterocycles. The molecule has 0 atom stereocenters. The van der Waals surface area contributed by atoms with Crippen molar-refractivity contribution in [1.29, 1.82) is 0 Å². The molecule has 32 heavy (non-hydrogen) atoms. The number of hydrogen-bond donors (Lipinski definition) is 2. The van der Waals surface area contributed by atoms with E-state index in [1.807, 2.05) is 49.4 Å². The van der Waals surface area contributed by atoms with Crippen molar-refractivity contribution in [3.63, 3.8) is 0 Å². The number of nitrogens with one attached hydrogen (secondary N) is 1. The number of carbonyl (C=O) groups excluding carboxylic acids is 2. The molecule has 2 amide bonds. The summed E-state index contributed by atoms with van der Waals surface area (Å²) in [4.78, 5) is 29.9. The fourth-order valence-corrected chi connectivity index (χ4v) is 4.63. The van der Waals surface area contributed by atoms with Gasteiger partial charge in [0, 0.05) is 33.9 Å². The molecule has 0 aliphatic heterocycles. The topological polar surface area (TPSA) is 98.2 Å². The molecule has 4 rings (SSSR count). The van der Waals surface area contributed by atoms with Crippen LogP contribution >= 0.6 is 22.9 Å². The quantitative estimate of drug-likeness (QED) is 0.365. The molecule has 0 spiro atoms. The number of nitrogens with two attached hydrogens (primary N) is 1. The summed E-state index contributed by atoms with van der Waals surface area (Å²) >= 11 is 7.25. The van der Waals surface area contributed by atoms with Crippen LogP contribution in [0.3, 0.4) is 0 Å². The number of hydrogen-bond acceptors (Lipinski definition) is 5. The lowest BCUT2D eigenvalue weighted by molar-refractivity contribution is -0.116. The number of thiophene rings is 1. The van der Waals surface area contributed by atoms with E-state index >= 15 is 0 Å². The standard InChI is InChI=1S/C24H20ClN3O3S/c1-14-21(16-5-3-2-4-6-16)22(23(26)30)24(32-14)28-19(29)11-12-20-27-13-18(31-20)15-7-9-17(25)10-8-15/h2-10,13H,11-12H2,1H3,(H2,26,30)(H,28,29). The zero-order chi connectivity index (χ0) is 22.7. The maximum Gasteiger partial charge on any atom is 0.252 e. The van der Waals surface area contributed by atoms with Gasteiger partial charge in [-0.25, -0.2) is 4.98 Å². The Morgan fingerprint density at radius 1 is 1.09 bits per heavy atom. The molecule has 0 radical (unpaired) electrons. The third-order valence-corrected chi connectivity index (χ3v) is 6.17. The molecule has 2 heterocycles. The number of carbonyl (C=O) groups is 2. The number of aryl methyl sites for hydroxylation is 2. The summed E-state index contributed by atoms with van der Waals surface area (Å²) in [6.45, 7) is 1.90. The average Bonchev–Trinajstić information content (AvgIpc) is 3.38. The number of amides is 2. The van der Waals surface area contributed by atoms with Crippen molar-refractivity contribution < 1.29 is 14.0 Å². The maximum atomic E-state index is 12.6. The maximum absolute atomic E-state index is 12.6. The van der Waals surface area contributed by atoms with E-state index in [1.54, 1.807) is 18.3 Å². The van der Waals surface area contributed by atoms with Crippen molar-refractivity contribution in [3.05, 3.63) is 82.1 Å². The third-order valence-electron chi connectivity index (χ3n) is 4.89. The fourth-order valence-electron chi connectivity index (χ4n) is 3.40. The second kappa shape index (κ2) is 9.38. The van der Waals surface area contributed by atoms with Gasteiger partial charge < -0.3 is 15.5 Å². The van der Waals surface area contributed by atoms with E-state index in [-0.39, 0.29) is 12.3 Å². The van der Waals surface area contributed by atoms with E-state index in [1.165, 1.54) is 11.3 Å². The van der Waals surface area contributed by atoms with Crippen molar-refractivity contribution in [2.24, 2.45) is 5.73 Å². The normalized spacial score (nSPS) is 10.8. The number of rotatable bonds is 7. The molecule has 2 aromatic heterocycles. The van der Waals surface area contributed by atoms with Crippen molar-refractivity contribution >= 4 is 39.8 Å². The molecule has 4 aromatic rings. The number of nitrogens with zero attached hydrogens (tertiary/aromatic N) is 1. The van der Waals surface area contributed by atoms with Crippen LogP contribution in [0.1, 0.15) is 27.5 Å². The lowest BCUT2D eigenvalue weighted by Crippen LogP contribution is -2.17. The summed E-state index contributed by atoms with van der Waals surface area (Å²) < 4.78 is 5.75. The van der Waals surface area contributed by atoms with Gasteiger partial charge in [-0.15, -0.1) is 11.3 Å². The molecule has 0 saturated carbocycles. The zero-order valence-corrected chi connectivity index (χ0v) is 18.8. The Morgan fingerprint density at radius 3 is 2.50 bits per heavy atom. The van der Waals surface area contributed by atoms with Crippen LogP contribution in [0.4, 0.5) is 5.00 Å². The van der Waals surface area contributed by atoms with Gasteiger partial charge in [0.2, 0.25) is 5.91 Å². The first-order valence-corrected chi connectivity index (χ1v) is 11.1. The zero-order valence-electron chi connectivity index (χ0n) is 17.2. The van der Waals surface area contributed by atoms with Gasteiger partial charge in [0.1, 0.15) is 5.00 Å². The average molecular weight is 466 g/mol. The highest BCUT2D eigenvalue weighted by Gasteiger charge is 2.22. The van der Waals surface area contributed by atoms with E-state index in [2.05, 4.69) is 10.3 Å². The molecule has 0 aliphatic rings. The first kappa shape index (κ1) is 21.8. The number of oxazole rings is 1. The van der Waals surface area contributed by atoms with Crippen molar-refractivity contribution in [2.45, 2.75) is 19.8 Å². The Morgan fingerprint density at radius 2 is 1.81 bits per heavy atom. The summed E-state index contributed by atoms with van der Waals surface area (Å²) in [6.07, 6.45) is 2.09. The molecule has 0 fully saturated rings. The van der Waals surface area contributed by atoms with Gasteiger partial charge >= 0.3 is 0 Å². The summed E-state index contributed by atoms with van der Waals surface area (Å²) in [7, 11) is 0. The van der Waals surface area contributed by atoms with E-state index in [4.69, 9.17) is 21.8 Å². The molecule has 162 valence electrons. The Bertz CT molecular complexity index is 1260. The van der Waals surface area contributed by atoms with Gasteiger partial charge in [0.25, 0.3) is 5.91 Å². The van der Waals surface area contributed by atoms with E-state index in [0.717, 1.165) is 21.6 Å². The smallest absolute Gasteiger partial charge is 0.252 e. The minimum absolute atomic E-state index is 0.149. The van der Waals surface area contributed by atoms with E-state index < -0.39 is 5.91 Å². The molecule has 8 heteroatoms. The predicted octanol–water partition coefficient (Wildman–Crippen LogP) is 5.70. The molecule has 2 aromatic carbocycles.